The number of aliphatic carboxylic acids is 1. The molecule has 1 fully saturated rings. The Hall–Kier alpha value is -2.04. The van der Waals surface area contributed by atoms with E-state index in [-0.39, 0.29) is 5.91 Å². The van der Waals surface area contributed by atoms with Gasteiger partial charge in [0.25, 0.3) is 0 Å². The van der Waals surface area contributed by atoms with Crippen molar-refractivity contribution in [2.75, 3.05) is 13.2 Å². The van der Waals surface area contributed by atoms with Crippen molar-refractivity contribution in [1.29, 1.82) is 0 Å². The minimum absolute atomic E-state index is 0.0730. The molecule has 0 radical (unpaired) electrons. The predicted molar refractivity (Wildman–Crippen MR) is 82.9 cm³/mol. The lowest BCUT2D eigenvalue weighted by Gasteiger charge is -2.21. The van der Waals surface area contributed by atoms with E-state index in [4.69, 9.17) is 9.84 Å². The van der Waals surface area contributed by atoms with Gasteiger partial charge in [-0.1, -0.05) is 19.1 Å². The zero-order valence-corrected chi connectivity index (χ0v) is 13.0. The van der Waals surface area contributed by atoms with Crippen LogP contribution in [-0.2, 0) is 16.0 Å². The van der Waals surface area contributed by atoms with E-state index in [1.807, 2.05) is 24.3 Å². The minimum atomic E-state index is -0.900. The van der Waals surface area contributed by atoms with Gasteiger partial charge in [0.15, 0.2) is 0 Å². The van der Waals surface area contributed by atoms with Gasteiger partial charge >= 0.3 is 5.97 Å². The van der Waals surface area contributed by atoms with Gasteiger partial charge in [0.05, 0.1) is 6.61 Å². The van der Waals surface area contributed by atoms with Gasteiger partial charge in [-0.3, -0.25) is 4.79 Å². The van der Waals surface area contributed by atoms with Gasteiger partial charge in [-0.15, -0.1) is 0 Å². The SMILES string of the molecule is CCCOc1ccc(CCC(=O)N2CCC[C@H]2C(=O)O)cc1. The molecule has 1 heterocycles. The molecule has 1 atom stereocenters. The molecule has 5 heteroatoms. The molecular weight excluding hydrogens is 282 g/mol. The number of carbonyl (C=O) groups excluding carboxylic acids is 1. The Morgan fingerprint density at radius 2 is 2.05 bits per heavy atom. The molecule has 0 unspecified atom stereocenters. The maximum absolute atomic E-state index is 12.2. The molecule has 2 rings (SSSR count). The molecule has 1 amide bonds. The van der Waals surface area contributed by atoms with Crippen LogP contribution in [0.4, 0.5) is 0 Å². The number of hydrogen-bond acceptors (Lipinski definition) is 3. The number of likely N-dealkylation sites (tertiary alicyclic amines) is 1. The molecule has 5 nitrogen and oxygen atoms in total. The summed E-state index contributed by atoms with van der Waals surface area (Å²) >= 11 is 0. The standard InChI is InChI=1S/C17H23NO4/c1-2-12-22-14-8-5-13(6-9-14)7-10-16(19)18-11-3-4-15(18)17(20)21/h5-6,8-9,15H,2-4,7,10-12H2,1H3,(H,20,21)/t15-/m0/s1. The van der Waals surface area contributed by atoms with Crippen LogP contribution in [0, 0.1) is 0 Å². The smallest absolute Gasteiger partial charge is 0.326 e. The highest BCUT2D eigenvalue weighted by Gasteiger charge is 2.33. The number of benzene rings is 1. The van der Waals surface area contributed by atoms with E-state index < -0.39 is 12.0 Å². The molecule has 1 aliphatic heterocycles. The van der Waals surface area contributed by atoms with E-state index in [0.717, 1.165) is 24.2 Å². The second-order valence-corrected chi connectivity index (χ2v) is 5.58. The van der Waals surface area contributed by atoms with Crippen molar-refractivity contribution in [2.45, 2.75) is 45.1 Å². The second-order valence-electron chi connectivity index (χ2n) is 5.58. The second kappa shape index (κ2) is 7.82. The number of amides is 1. The number of carboxylic acid groups (broad SMARTS) is 1. The molecule has 0 aromatic heterocycles. The third-order valence-corrected chi connectivity index (χ3v) is 3.88. The zero-order chi connectivity index (χ0) is 15.9. The topological polar surface area (TPSA) is 66.8 Å². The summed E-state index contributed by atoms with van der Waals surface area (Å²) in [7, 11) is 0. The molecule has 1 N–H and O–H groups in total. The van der Waals surface area contributed by atoms with Crippen LogP contribution in [0.5, 0.6) is 5.75 Å². The monoisotopic (exact) mass is 305 g/mol. The van der Waals surface area contributed by atoms with Crippen molar-refractivity contribution >= 4 is 11.9 Å². The van der Waals surface area contributed by atoms with Gasteiger partial charge in [0, 0.05) is 13.0 Å². The van der Waals surface area contributed by atoms with Gasteiger partial charge in [0.1, 0.15) is 11.8 Å². The lowest BCUT2D eigenvalue weighted by Crippen LogP contribution is -2.40. The average molecular weight is 305 g/mol. The summed E-state index contributed by atoms with van der Waals surface area (Å²) in [5.74, 6) is -0.137. The van der Waals surface area contributed by atoms with Crippen molar-refractivity contribution in [3.63, 3.8) is 0 Å². The van der Waals surface area contributed by atoms with Crippen molar-refractivity contribution in [2.24, 2.45) is 0 Å². The summed E-state index contributed by atoms with van der Waals surface area (Å²) in [6.07, 6.45) is 3.27. The number of nitrogens with zero attached hydrogens (tertiary/aromatic N) is 1. The van der Waals surface area contributed by atoms with E-state index in [2.05, 4.69) is 6.92 Å². The van der Waals surface area contributed by atoms with E-state index in [0.29, 0.717) is 32.4 Å². The summed E-state index contributed by atoms with van der Waals surface area (Å²) in [6, 6.07) is 7.09. The molecule has 1 aromatic carbocycles. The Morgan fingerprint density at radius 3 is 2.68 bits per heavy atom. The molecule has 0 bridgehead atoms. The number of aryl methyl sites for hydroxylation is 1. The zero-order valence-electron chi connectivity index (χ0n) is 13.0. The van der Waals surface area contributed by atoms with Crippen LogP contribution < -0.4 is 4.74 Å². The molecule has 120 valence electrons. The van der Waals surface area contributed by atoms with Crippen molar-refractivity contribution < 1.29 is 19.4 Å². The maximum atomic E-state index is 12.2. The number of carboxylic acids is 1. The summed E-state index contributed by atoms with van der Waals surface area (Å²) in [6.45, 7) is 3.31. The highest BCUT2D eigenvalue weighted by atomic mass is 16.5. The highest BCUT2D eigenvalue weighted by Crippen LogP contribution is 2.20. The highest BCUT2D eigenvalue weighted by molar-refractivity contribution is 5.84. The Labute approximate surface area is 130 Å². The van der Waals surface area contributed by atoms with Crippen molar-refractivity contribution in [3.8, 4) is 5.75 Å². The van der Waals surface area contributed by atoms with Crippen LogP contribution >= 0.6 is 0 Å². The summed E-state index contributed by atoms with van der Waals surface area (Å²) < 4.78 is 5.52. The molecule has 0 aliphatic carbocycles. The summed E-state index contributed by atoms with van der Waals surface area (Å²) in [5, 5.41) is 9.11. The van der Waals surface area contributed by atoms with Gasteiger partial charge in [-0.05, 0) is 43.4 Å². The Balaban J connectivity index is 1.84. The van der Waals surface area contributed by atoms with Crippen LogP contribution in [0.1, 0.15) is 38.2 Å². The predicted octanol–water partition coefficient (Wildman–Crippen LogP) is 2.48. The molecule has 0 saturated carbocycles. The van der Waals surface area contributed by atoms with Gasteiger partial charge in [0.2, 0.25) is 5.91 Å². The van der Waals surface area contributed by atoms with Crippen LogP contribution in [0.3, 0.4) is 0 Å². The Morgan fingerprint density at radius 1 is 1.32 bits per heavy atom. The van der Waals surface area contributed by atoms with Crippen LogP contribution in [0.25, 0.3) is 0 Å². The first-order valence-electron chi connectivity index (χ1n) is 7.86. The number of rotatable bonds is 7. The van der Waals surface area contributed by atoms with Crippen LogP contribution in [0.2, 0.25) is 0 Å². The number of hydrogen-bond donors (Lipinski definition) is 1. The fraction of sp³-hybridized carbons (Fsp3) is 0.529. The van der Waals surface area contributed by atoms with E-state index in [1.54, 1.807) is 0 Å². The van der Waals surface area contributed by atoms with Crippen molar-refractivity contribution in [1.82, 2.24) is 4.90 Å². The third kappa shape index (κ3) is 4.23. The lowest BCUT2D eigenvalue weighted by molar-refractivity contribution is -0.148. The Kier molecular flexibility index (Phi) is 5.81. The first kappa shape index (κ1) is 16.3. The average Bonchev–Trinajstić information content (AvgIpc) is 3.01. The fourth-order valence-corrected chi connectivity index (χ4v) is 2.69. The third-order valence-electron chi connectivity index (χ3n) is 3.88. The van der Waals surface area contributed by atoms with Gasteiger partial charge in [-0.2, -0.15) is 0 Å². The summed E-state index contributed by atoms with van der Waals surface area (Å²) in [5.41, 5.74) is 1.06. The minimum Gasteiger partial charge on any atom is -0.494 e. The number of ether oxygens (including phenoxy) is 1. The molecule has 1 saturated heterocycles. The van der Waals surface area contributed by atoms with E-state index >= 15 is 0 Å². The molecule has 22 heavy (non-hydrogen) atoms. The van der Waals surface area contributed by atoms with Crippen LogP contribution in [-0.4, -0.2) is 41.1 Å². The van der Waals surface area contributed by atoms with Crippen LogP contribution in [0.15, 0.2) is 24.3 Å². The molecular formula is C17H23NO4. The lowest BCUT2D eigenvalue weighted by atomic mass is 10.1. The fourth-order valence-electron chi connectivity index (χ4n) is 2.69. The maximum Gasteiger partial charge on any atom is 0.326 e. The Bertz CT molecular complexity index is 512. The summed E-state index contributed by atoms with van der Waals surface area (Å²) in [4.78, 5) is 24.8. The molecule has 1 aromatic rings. The van der Waals surface area contributed by atoms with E-state index in [1.165, 1.54) is 4.90 Å². The van der Waals surface area contributed by atoms with E-state index in [9.17, 15) is 9.59 Å². The van der Waals surface area contributed by atoms with Gasteiger partial charge in [-0.25, -0.2) is 4.79 Å². The van der Waals surface area contributed by atoms with Gasteiger partial charge < -0.3 is 14.7 Å². The molecule has 0 spiro atoms. The quantitative estimate of drug-likeness (QED) is 0.840. The van der Waals surface area contributed by atoms with Crippen molar-refractivity contribution in [3.05, 3.63) is 29.8 Å². The molecule has 1 aliphatic rings. The largest absolute Gasteiger partial charge is 0.494 e. The number of carbonyl (C=O) groups is 2. The normalized spacial score (nSPS) is 17.5. The first-order valence-corrected chi connectivity index (χ1v) is 7.86. The first-order chi connectivity index (χ1) is 10.6.